The maximum atomic E-state index is 11.8. The average Bonchev–Trinajstić information content (AvgIpc) is 2.58. The molecule has 2 unspecified atom stereocenters. The molecule has 0 bridgehead atoms. The quantitative estimate of drug-likeness (QED) is 0.222. The molecule has 0 rings (SSSR count). The van der Waals surface area contributed by atoms with Crippen molar-refractivity contribution in [2.24, 2.45) is 5.92 Å². The van der Waals surface area contributed by atoms with Crippen LogP contribution >= 0.6 is 0 Å². The van der Waals surface area contributed by atoms with Gasteiger partial charge in [-0.05, 0) is 18.1 Å². The van der Waals surface area contributed by atoms with Crippen molar-refractivity contribution in [2.45, 2.75) is 51.9 Å². The van der Waals surface area contributed by atoms with Crippen LogP contribution in [0, 0.1) is 5.92 Å². The van der Waals surface area contributed by atoms with Gasteiger partial charge in [-0.3, -0.25) is 9.63 Å². The van der Waals surface area contributed by atoms with Gasteiger partial charge in [0, 0.05) is 12.5 Å². The van der Waals surface area contributed by atoms with E-state index >= 15 is 0 Å². The SMILES string of the molecule is C=CCOC(=O)NCC(O[Si](C)(C)C(C)(C)C)C(C)CN(C=O)OCC=C. The summed E-state index contributed by atoms with van der Waals surface area (Å²) < 4.78 is 11.5. The van der Waals surface area contributed by atoms with Crippen LogP contribution in [0.2, 0.25) is 18.1 Å². The molecule has 0 aliphatic rings. The van der Waals surface area contributed by atoms with Gasteiger partial charge in [-0.15, -0.1) is 6.58 Å². The minimum absolute atomic E-state index is 0.0119. The lowest BCUT2D eigenvalue weighted by atomic mass is 10.1. The molecule has 0 fully saturated rings. The number of hydrogen-bond donors (Lipinski definition) is 1. The van der Waals surface area contributed by atoms with Gasteiger partial charge < -0.3 is 14.5 Å². The standard InChI is InChI=1S/C19H36N2O5Si/c1-9-11-24-18(23)20-13-17(26-27(7,8)19(4,5)6)16(3)14-21(15-22)25-12-10-2/h9-10,15-17H,1-2,11-14H2,3-8H3,(H,20,23). The van der Waals surface area contributed by atoms with Crippen molar-refractivity contribution in [1.29, 1.82) is 0 Å². The predicted molar refractivity (Wildman–Crippen MR) is 110 cm³/mol. The number of nitrogens with zero attached hydrogens (tertiary/aromatic N) is 1. The van der Waals surface area contributed by atoms with Crippen molar-refractivity contribution >= 4 is 20.8 Å². The Hall–Kier alpha value is -1.64. The predicted octanol–water partition coefficient (Wildman–Crippen LogP) is 3.50. The maximum Gasteiger partial charge on any atom is 0.407 e. The molecule has 1 N–H and O–H groups in total. The van der Waals surface area contributed by atoms with E-state index in [9.17, 15) is 9.59 Å². The van der Waals surface area contributed by atoms with Crippen LogP contribution in [0.25, 0.3) is 0 Å². The summed E-state index contributed by atoms with van der Waals surface area (Å²) in [5, 5.41) is 3.97. The zero-order chi connectivity index (χ0) is 21.1. The minimum Gasteiger partial charge on any atom is -0.445 e. The highest BCUT2D eigenvalue weighted by Crippen LogP contribution is 2.38. The molecule has 0 aromatic rings. The summed E-state index contributed by atoms with van der Waals surface area (Å²) >= 11 is 0. The number of nitrogens with one attached hydrogen (secondary N) is 1. The third-order valence-corrected chi connectivity index (χ3v) is 9.11. The third-order valence-electron chi connectivity index (χ3n) is 4.61. The molecule has 0 spiro atoms. The van der Waals surface area contributed by atoms with E-state index in [2.05, 4.69) is 52.3 Å². The van der Waals surface area contributed by atoms with Crippen LogP contribution in [0.15, 0.2) is 25.3 Å². The number of hydroxylamine groups is 2. The Labute approximate surface area is 164 Å². The first-order valence-corrected chi connectivity index (χ1v) is 12.0. The van der Waals surface area contributed by atoms with Crippen LogP contribution in [0.1, 0.15) is 27.7 Å². The summed E-state index contributed by atoms with van der Waals surface area (Å²) in [7, 11) is -2.09. The maximum absolute atomic E-state index is 11.8. The fourth-order valence-electron chi connectivity index (χ4n) is 1.96. The highest BCUT2D eigenvalue weighted by Gasteiger charge is 2.40. The van der Waals surface area contributed by atoms with Crippen molar-refractivity contribution < 1.29 is 23.6 Å². The molecule has 156 valence electrons. The Morgan fingerprint density at radius 1 is 1.22 bits per heavy atom. The number of carbonyl (C=O) groups is 2. The molecule has 0 aromatic carbocycles. The highest BCUT2D eigenvalue weighted by molar-refractivity contribution is 6.74. The van der Waals surface area contributed by atoms with Gasteiger partial charge in [-0.1, -0.05) is 46.4 Å². The molecule has 0 radical (unpaired) electrons. The first kappa shape index (κ1) is 25.4. The van der Waals surface area contributed by atoms with Crippen molar-refractivity contribution in [1.82, 2.24) is 10.4 Å². The van der Waals surface area contributed by atoms with Gasteiger partial charge >= 0.3 is 6.09 Å². The van der Waals surface area contributed by atoms with E-state index in [1.165, 1.54) is 11.1 Å². The summed E-state index contributed by atoms with van der Waals surface area (Å²) in [6.45, 7) is 20.8. The van der Waals surface area contributed by atoms with E-state index in [-0.39, 0.29) is 36.8 Å². The minimum atomic E-state index is -2.09. The molecule has 0 saturated heterocycles. The van der Waals surface area contributed by atoms with Crippen LogP contribution in [0.3, 0.4) is 0 Å². The molecule has 0 heterocycles. The van der Waals surface area contributed by atoms with Gasteiger partial charge in [0.2, 0.25) is 6.41 Å². The lowest BCUT2D eigenvalue weighted by molar-refractivity contribution is -0.172. The van der Waals surface area contributed by atoms with E-state index in [0.29, 0.717) is 13.0 Å². The largest absolute Gasteiger partial charge is 0.445 e. The number of carbonyl (C=O) groups excluding carboxylic acids is 2. The van der Waals surface area contributed by atoms with Crippen LogP contribution < -0.4 is 5.32 Å². The zero-order valence-electron chi connectivity index (χ0n) is 17.6. The second kappa shape index (κ2) is 11.9. The van der Waals surface area contributed by atoms with E-state index < -0.39 is 14.4 Å². The van der Waals surface area contributed by atoms with Crippen LogP contribution in [-0.2, 0) is 18.8 Å². The number of ether oxygens (including phenoxy) is 1. The first-order valence-electron chi connectivity index (χ1n) is 9.13. The van der Waals surface area contributed by atoms with Gasteiger partial charge in [0.15, 0.2) is 8.32 Å². The molecule has 0 aliphatic heterocycles. The van der Waals surface area contributed by atoms with Crippen LogP contribution in [0.4, 0.5) is 4.79 Å². The highest BCUT2D eigenvalue weighted by atomic mass is 28.4. The molecule has 7 nitrogen and oxygen atoms in total. The molecule has 2 atom stereocenters. The Morgan fingerprint density at radius 3 is 2.30 bits per heavy atom. The Morgan fingerprint density at radius 2 is 1.81 bits per heavy atom. The Kier molecular flexibility index (Phi) is 11.2. The molecule has 0 aromatic heterocycles. The summed E-state index contributed by atoms with van der Waals surface area (Å²) in [4.78, 5) is 28.3. The lowest BCUT2D eigenvalue weighted by Crippen LogP contribution is -2.50. The molecular weight excluding hydrogens is 364 g/mol. The summed E-state index contributed by atoms with van der Waals surface area (Å²) in [6, 6.07) is 0. The van der Waals surface area contributed by atoms with Crippen molar-refractivity contribution in [3.63, 3.8) is 0 Å². The van der Waals surface area contributed by atoms with Gasteiger partial charge in [-0.2, -0.15) is 0 Å². The average molecular weight is 401 g/mol. The molecule has 8 heteroatoms. The molecule has 2 amide bonds. The van der Waals surface area contributed by atoms with Gasteiger partial charge in [0.1, 0.15) is 6.61 Å². The second-order valence-corrected chi connectivity index (χ2v) is 12.7. The van der Waals surface area contributed by atoms with Crippen LogP contribution in [-0.4, -0.2) is 58.3 Å². The Bertz CT molecular complexity index is 491. The molecule has 0 aliphatic carbocycles. The lowest BCUT2D eigenvalue weighted by Gasteiger charge is -2.41. The third kappa shape index (κ3) is 9.74. The van der Waals surface area contributed by atoms with Crippen molar-refractivity contribution in [3.8, 4) is 0 Å². The van der Waals surface area contributed by atoms with E-state index in [1.54, 1.807) is 6.08 Å². The summed E-state index contributed by atoms with van der Waals surface area (Å²) in [5.74, 6) is -0.0751. The topological polar surface area (TPSA) is 77.1 Å². The fraction of sp³-hybridized carbons (Fsp3) is 0.684. The normalized spacial score (nSPS) is 14.0. The van der Waals surface area contributed by atoms with E-state index in [4.69, 9.17) is 14.0 Å². The molecule has 27 heavy (non-hydrogen) atoms. The van der Waals surface area contributed by atoms with Crippen molar-refractivity contribution in [2.75, 3.05) is 26.3 Å². The van der Waals surface area contributed by atoms with E-state index in [0.717, 1.165) is 0 Å². The van der Waals surface area contributed by atoms with E-state index in [1.807, 2.05) is 6.92 Å². The molecular formula is C19H36N2O5Si. The molecule has 0 saturated carbocycles. The zero-order valence-corrected chi connectivity index (χ0v) is 18.6. The fourth-order valence-corrected chi connectivity index (χ4v) is 3.39. The summed E-state index contributed by atoms with van der Waals surface area (Å²) in [5.41, 5.74) is 0. The van der Waals surface area contributed by atoms with Crippen LogP contribution in [0.5, 0.6) is 0 Å². The number of rotatable bonds is 13. The smallest absolute Gasteiger partial charge is 0.407 e. The second-order valence-electron chi connectivity index (χ2n) is 7.95. The number of amides is 2. The Balaban J connectivity index is 5.13. The number of alkyl carbamates (subject to hydrolysis) is 1. The van der Waals surface area contributed by atoms with Crippen molar-refractivity contribution in [3.05, 3.63) is 25.3 Å². The van der Waals surface area contributed by atoms with Gasteiger partial charge in [0.25, 0.3) is 0 Å². The monoisotopic (exact) mass is 400 g/mol. The summed E-state index contributed by atoms with van der Waals surface area (Å²) in [6.07, 6.45) is 2.89. The number of hydrogen-bond acceptors (Lipinski definition) is 5. The van der Waals surface area contributed by atoms with Gasteiger partial charge in [0.05, 0.1) is 19.3 Å². The first-order chi connectivity index (χ1) is 12.5. The van der Waals surface area contributed by atoms with Gasteiger partial charge in [-0.25, -0.2) is 9.86 Å².